The summed E-state index contributed by atoms with van der Waals surface area (Å²) in [5.41, 5.74) is 2.81. The van der Waals surface area contributed by atoms with Crippen molar-refractivity contribution >= 4 is 33.2 Å². The average molecular weight is 438 g/mol. The van der Waals surface area contributed by atoms with Crippen LogP contribution in [0.2, 0.25) is 0 Å². The molecular formula is C24H24BrNO2. The van der Waals surface area contributed by atoms with E-state index in [1.54, 1.807) is 0 Å². The number of hydrogen-bond acceptors (Lipinski definition) is 3. The number of anilines is 1. The molecule has 2 aromatic rings. The van der Waals surface area contributed by atoms with Crippen LogP contribution in [0.1, 0.15) is 49.1 Å². The van der Waals surface area contributed by atoms with Crippen LogP contribution in [0.5, 0.6) is 0 Å². The number of halogens is 1. The second-order valence-electron chi connectivity index (χ2n) is 8.46. The monoisotopic (exact) mass is 437 g/mol. The van der Waals surface area contributed by atoms with Crippen molar-refractivity contribution in [2.24, 2.45) is 5.41 Å². The summed E-state index contributed by atoms with van der Waals surface area (Å²) in [6.07, 6.45) is 4.27. The molecule has 2 atom stereocenters. The number of nitrogens with zero attached hydrogens (tertiary/aromatic N) is 1. The van der Waals surface area contributed by atoms with Crippen molar-refractivity contribution in [3.63, 3.8) is 0 Å². The average Bonchev–Trinajstić information content (AvgIpc) is 2.72. The molecule has 0 unspecified atom stereocenters. The minimum atomic E-state index is -0.855. The molecule has 0 radical (unpaired) electrons. The Hall–Kier alpha value is -1.94. The topological polar surface area (TPSA) is 37.4 Å². The number of Topliss-reactive ketones (excluding diaryl/α,β-unsaturated/α-hetero) is 2. The predicted molar refractivity (Wildman–Crippen MR) is 114 cm³/mol. The van der Waals surface area contributed by atoms with Gasteiger partial charge in [0.15, 0.2) is 0 Å². The van der Waals surface area contributed by atoms with Crippen molar-refractivity contribution in [1.82, 2.24) is 0 Å². The number of benzene rings is 2. The number of ketones is 2. The zero-order valence-electron chi connectivity index (χ0n) is 15.9. The molecule has 0 N–H and O–H groups in total. The van der Waals surface area contributed by atoms with Crippen LogP contribution in [-0.4, -0.2) is 24.2 Å². The van der Waals surface area contributed by atoms with Gasteiger partial charge in [0.05, 0.1) is 0 Å². The van der Waals surface area contributed by atoms with Crippen LogP contribution in [0, 0.1) is 5.41 Å². The molecule has 0 bridgehead atoms. The minimum Gasteiger partial charge on any atom is -0.367 e. The molecule has 2 aliphatic heterocycles. The Balaban J connectivity index is 1.62. The summed E-state index contributed by atoms with van der Waals surface area (Å²) in [6.45, 7) is 0.885. The molecule has 1 saturated heterocycles. The van der Waals surface area contributed by atoms with E-state index in [9.17, 15) is 9.59 Å². The van der Waals surface area contributed by atoms with Gasteiger partial charge in [-0.2, -0.15) is 0 Å². The third-order valence-electron chi connectivity index (χ3n) is 7.07. The second-order valence-corrected chi connectivity index (χ2v) is 9.38. The van der Waals surface area contributed by atoms with Crippen LogP contribution in [0.15, 0.2) is 53.0 Å². The lowest BCUT2D eigenvalue weighted by Gasteiger charge is -2.54. The van der Waals surface area contributed by atoms with E-state index in [0.717, 1.165) is 29.4 Å². The normalized spacial score (nSPS) is 26.1. The lowest BCUT2D eigenvalue weighted by atomic mass is 9.58. The van der Waals surface area contributed by atoms with E-state index in [0.29, 0.717) is 31.6 Å². The summed E-state index contributed by atoms with van der Waals surface area (Å²) in [5.74, 6) is 0.734. The number of carbonyl (C=O) groups excluding carboxylic acids is 2. The van der Waals surface area contributed by atoms with Gasteiger partial charge in [-0.15, -0.1) is 0 Å². The molecule has 28 heavy (non-hydrogen) atoms. The highest BCUT2D eigenvalue weighted by atomic mass is 79.9. The van der Waals surface area contributed by atoms with Gasteiger partial charge in [-0.3, -0.25) is 9.59 Å². The molecule has 2 heterocycles. The minimum absolute atomic E-state index is 0.0337. The highest BCUT2D eigenvalue weighted by molar-refractivity contribution is 9.10. The Morgan fingerprint density at radius 3 is 2.50 bits per heavy atom. The Bertz CT molecular complexity index is 923. The number of carbonyl (C=O) groups is 2. The number of fused-ring (bicyclic) bond motifs is 4. The first-order chi connectivity index (χ1) is 13.6. The maximum absolute atomic E-state index is 13.3. The van der Waals surface area contributed by atoms with Crippen LogP contribution < -0.4 is 4.90 Å². The molecule has 0 aromatic heterocycles. The Morgan fingerprint density at radius 2 is 1.75 bits per heavy atom. The maximum Gasteiger partial charge on any atom is 0.148 e. The third kappa shape index (κ3) is 2.68. The van der Waals surface area contributed by atoms with E-state index in [1.807, 2.05) is 12.1 Å². The van der Waals surface area contributed by atoms with Gasteiger partial charge in [0.2, 0.25) is 0 Å². The maximum atomic E-state index is 13.3. The molecule has 3 nitrogen and oxygen atoms in total. The molecule has 2 fully saturated rings. The van der Waals surface area contributed by atoms with Gasteiger partial charge in [0.25, 0.3) is 0 Å². The van der Waals surface area contributed by atoms with Crippen molar-refractivity contribution in [2.75, 3.05) is 11.4 Å². The largest absolute Gasteiger partial charge is 0.367 e. The summed E-state index contributed by atoms with van der Waals surface area (Å²) >= 11 is 3.61. The molecule has 3 aliphatic rings. The molecule has 2 aromatic carbocycles. The Morgan fingerprint density at radius 1 is 1.00 bits per heavy atom. The molecule has 144 valence electrons. The highest BCUT2D eigenvalue weighted by Gasteiger charge is 2.58. The quantitative estimate of drug-likeness (QED) is 0.584. The lowest BCUT2D eigenvalue weighted by molar-refractivity contribution is -0.146. The summed E-state index contributed by atoms with van der Waals surface area (Å²) in [4.78, 5) is 29.0. The summed E-state index contributed by atoms with van der Waals surface area (Å²) in [6, 6.07) is 16.8. The number of piperidine rings is 1. The third-order valence-corrected chi connectivity index (χ3v) is 7.56. The fourth-order valence-electron chi connectivity index (χ4n) is 5.70. The van der Waals surface area contributed by atoms with Crippen molar-refractivity contribution in [2.45, 2.75) is 50.5 Å². The molecule has 4 heteroatoms. The fraction of sp³-hybridized carbons (Fsp3) is 0.417. The molecule has 1 aliphatic carbocycles. The van der Waals surface area contributed by atoms with E-state index in [4.69, 9.17) is 0 Å². The molecule has 0 amide bonds. The number of rotatable bonds is 1. The summed E-state index contributed by atoms with van der Waals surface area (Å²) < 4.78 is 1.05. The van der Waals surface area contributed by atoms with Gasteiger partial charge in [-0.1, -0.05) is 52.3 Å². The zero-order valence-corrected chi connectivity index (χ0v) is 17.5. The van der Waals surface area contributed by atoms with E-state index in [-0.39, 0.29) is 17.6 Å². The van der Waals surface area contributed by atoms with Gasteiger partial charge in [-0.25, -0.2) is 0 Å². The molecule has 1 saturated carbocycles. The second kappa shape index (κ2) is 6.84. The highest BCUT2D eigenvalue weighted by Crippen LogP contribution is 2.51. The van der Waals surface area contributed by atoms with E-state index in [1.165, 1.54) is 11.3 Å². The Kier molecular flexibility index (Phi) is 4.42. The van der Waals surface area contributed by atoms with Crippen LogP contribution in [-0.2, 0) is 16.0 Å². The van der Waals surface area contributed by atoms with Crippen LogP contribution in [0.25, 0.3) is 0 Å². The first kappa shape index (κ1) is 18.1. The standard InChI is InChI=1S/C24H24BrNO2/c25-19-10-9-18-15-24(22(27)7-4-8-23(24)28)21-13-17(16-5-2-1-3-6-16)11-12-26(21)20(18)14-19/h1-3,5-6,9-10,14,17,21H,4,7-8,11-13,15H2/t17-,21-/m0/s1. The molecule has 5 rings (SSSR count). The smallest absolute Gasteiger partial charge is 0.148 e. The van der Waals surface area contributed by atoms with Gasteiger partial charge in [-0.05, 0) is 54.9 Å². The summed E-state index contributed by atoms with van der Waals surface area (Å²) in [7, 11) is 0. The number of hydrogen-bond donors (Lipinski definition) is 0. The van der Waals surface area contributed by atoms with E-state index in [2.05, 4.69) is 57.2 Å². The van der Waals surface area contributed by atoms with Crippen LogP contribution in [0.4, 0.5) is 5.69 Å². The lowest BCUT2D eigenvalue weighted by Crippen LogP contribution is -2.63. The van der Waals surface area contributed by atoms with E-state index < -0.39 is 5.41 Å². The fourth-order valence-corrected chi connectivity index (χ4v) is 6.05. The SMILES string of the molecule is O=C1CCCC(=O)C12Cc1ccc(Br)cc1N1CC[C@H](c3ccccc3)C[C@H]12. The van der Waals surface area contributed by atoms with Crippen LogP contribution >= 0.6 is 15.9 Å². The first-order valence-corrected chi connectivity index (χ1v) is 11.1. The molecule has 1 spiro atoms. The van der Waals surface area contributed by atoms with Crippen molar-refractivity contribution in [3.8, 4) is 0 Å². The van der Waals surface area contributed by atoms with Crippen molar-refractivity contribution in [3.05, 3.63) is 64.1 Å². The Labute approximate surface area is 174 Å². The van der Waals surface area contributed by atoms with Gasteiger partial charge in [0, 0.05) is 35.6 Å². The van der Waals surface area contributed by atoms with Crippen LogP contribution in [0.3, 0.4) is 0 Å². The van der Waals surface area contributed by atoms with E-state index >= 15 is 0 Å². The summed E-state index contributed by atoms with van der Waals surface area (Å²) in [5, 5.41) is 0. The van der Waals surface area contributed by atoms with Gasteiger partial charge >= 0.3 is 0 Å². The first-order valence-electron chi connectivity index (χ1n) is 10.3. The van der Waals surface area contributed by atoms with Gasteiger partial charge < -0.3 is 4.90 Å². The van der Waals surface area contributed by atoms with Gasteiger partial charge in [0.1, 0.15) is 17.0 Å². The predicted octanol–water partition coefficient (Wildman–Crippen LogP) is 5.07. The zero-order chi connectivity index (χ0) is 19.3. The van der Waals surface area contributed by atoms with Crippen molar-refractivity contribution in [1.29, 1.82) is 0 Å². The van der Waals surface area contributed by atoms with Crippen molar-refractivity contribution < 1.29 is 9.59 Å². The molecular weight excluding hydrogens is 414 g/mol.